The summed E-state index contributed by atoms with van der Waals surface area (Å²) in [6.45, 7) is 0.213. The molecule has 1 aliphatic rings. The number of cyclic esters (lactones) is 1. The van der Waals surface area contributed by atoms with E-state index in [0.717, 1.165) is 5.56 Å². The van der Waals surface area contributed by atoms with Gasteiger partial charge in [0.15, 0.2) is 0 Å². The summed E-state index contributed by atoms with van der Waals surface area (Å²) in [5, 5.41) is 1.37. The summed E-state index contributed by atoms with van der Waals surface area (Å²) < 4.78 is 18.0. The molecule has 4 heteroatoms. The maximum Gasteiger partial charge on any atom is 0.341 e. The van der Waals surface area contributed by atoms with Gasteiger partial charge in [-0.15, -0.1) is 0 Å². The minimum Gasteiger partial charge on any atom is -0.457 e. The molecule has 0 aliphatic carbocycles. The molecule has 0 aromatic heterocycles. The van der Waals surface area contributed by atoms with Gasteiger partial charge in [0, 0.05) is 10.9 Å². The number of esters is 1. The molecule has 1 aliphatic heterocycles. The number of hydrogen-bond donors (Lipinski definition) is 1. The Morgan fingerprint density at radius 2 is 2.12 bits per heavy atom. The lowest BCUT2D eigenvalue weighted by molar-refractivity contribution is 0.0536. The summed E-state index contributed by atoms with van der Waals surface area (Å²) in [5.74, 6) is -0.726. The lowest BCUT2D eigenvalue weighted by Crippen LogP contribution is -2.01. The van der Waals surface area contributed by atoms with Crippen molar-refractivity contribution in [2.24, 2.45) is 0 Å². The zero-order valence-electron chi connectivity index (χ0n) is 8.29. The fourth-order valence-electron chi connectivity index (χ4n) is 2.04. The maximum atomic E-state index is 13.1. The number of halogens is 1. The third-order valence-corrected chi connectivity index (χ3v) is 2.79. The molecule has 0 spiro atoms. The van der Waals surface area contributed by atoms with Gasteiger partial charge >= 0.3 is 5.97 Å². The summed E-state index contributed by atoms with van der Waals surface area (Å²) in [6.07, 6.45) is 0. The van der Waals surface area contributed by atoms with E-state index < -0.39 is 5.97 Å². The second-order valence-electron chi connectivity index (χ2n) is 3.77. The molecule has 16 heavy (non-hydrogen) atoms. The topological polar surface area (TPSA) is 52.3 Å². The number of nitrogens with two attached hydrogens (primary N) is 1. The van der Waals surface area contributed by atoms with Crippen molar-refractivity contribution >= 4 is 22.4 Å². The van der Waals surface area contributed by atoms with Crippen LogP contribution in [0.1, 0.15) is 15.9 Å². The average molecular weight is 217 g/mol. The van der Waals surface area contributed by atoms with E-state index in [1.165, 1.54) is 12.1 Å². The lowest BCUT2D eigenvalue weighted by Gasteiger charge is -2.05. The van der Waals surface area contributed by atoms with Crippen LogP contribution in [0.3, 0.4) is 0 Å². The molecule has 3 nitrogen and oxygen atoms in total. The summed E-state index contributed by atoms with van der Waals surface area (Å²) in [6, 6.07) is 6.04. The van der Waals surface area contributed by atoms with E-state index in [2.05, 4.69) is 0 Å². The normalized spacial score (nSPS) is 13.9. The molecule has 0 radical (unpaired) electrons. The number of anilines is 1. The van der Waals surface area contributed by atoms with Crippen LogP contribution < -0.4 is 5.73 Å². The minimum atomic E-state index is -0.404. The molecule has 3 rings (SSSR count). The number of ether oxygens (including phenoxy) is 1. The first-order chi connectivity index (χ1) is 7.66. The van der Waals surface area contributed by atoms with E-state index in [1.54, 1.807) is 12.1 Å². The van der Waals surface area contributed by atoms with Crippen LogP contribution >= 0.6 is 0 Å². The van der Waals surface area contributed by atoms with Gasteiger partial charge in [-0.25, -0.2) is 9.18 Å². The predicted molar refractivity (Wildman–Crippen MR) is 57.4 cm³/mol. The van der Waals surface area contributed by atoms with Crippen molar-refractivity contribution in [3.8, 4) is 0 Å². The van der Waals surface area contributed by atoms with Gasteiger partial charge in [0.2, 0.25) is 0 Å². The smallest absolute Gasteiger partial charge is 0.341 e. The number of benzene rings is 2. The summed E-state index contributed by atoms with van der Waals surface area (Å²) in [7, 11) is 0. The molecule has 0 bridgehead atoms. The Hall–Kier alpha value is -2.10. The van der Waals surface area contributed by atoms with Gasteiger partial charge in [-0.1, -0.05) is 0 Å². The summed E-state index contributed by atoms with van der Waals surface area (Å²) >= 11 is 0. The van der Waals surface area contributed by atoms with Crippen LogP contribution in [0.15, 0.2) is 24.3 Å². The highest BCUT2D eigenvalue weighted by molar-refractivity contribution is 6.08. The van der Waals surface area contributed by atoms with Crippen LogP contribution in [0.5, 0.6) is 0 Å². The van der Waals surface area contributed by atoms with Crippen LogP contribution in [0.2, 0.25) is 0 Å². The van der Waals surface area contributed by atoms with Crippen LogP contribution in [0, 0.1) is 5.82 Å². The SMILES string of the molecule is Nc1c2c(cc3cc(F)ccc13)COC2=O. The third-order valence-electron chi connectivity index (χ3n) is 2.79. The van der Waals surface area contributed by atoms with Gasteiger partial charge in [-0.2, -0.15) is 0 Å². The van der Waals surface area contributed by atoms with Crippen molar-refractivity contribution in [3.05, 3.63) is 41.2 Å². The second-order valence-corrected chi connectivity index (χ2v) is 3.77. The molecule has 1 heterocycles. The Kier molecular flexibility index (Phi) is 1.68. The van der Waals surface area contributed by atoms with Crippen molar-refractivity contribution in [1.82, 2.24) is 0 Å². The van der Waals surface area contributed by atoms with Gasteiger partial charge in [0.25, 0.3) is 0 Å². The van der Waals surface area contributed by atoms with E-state index in [9.17, 15) is 9.18 Å². The van der Waals surface area contributed by atoms with Crippen molar-refractivity contribution in [3.63, 3.8) is 0 Å². The molecule has 0 atom stereocenters. The Morgan fingerprint density at radius 3 is 2.94 bits per heavy atom. The quantitative estimate of drug-likeness (QED) is 0.543. The van der Waals surface area contributed by atoms with Gasteiger partial charge < -0.3 is 10.5 Å². The van der Waals surface area contributed by atoms with Crippen molar-refractivity contribution < 1.29 is 13.9 Å². The molecule has 0 fully saturated rings. The van der Waals surface area contributed by atoms with E-state index in [0.29, 0.717) is 22.0 Å². The molecular weight excluding hydrogens is 209 g/mol. The molecule has 80 valence electrons. The Morgan fingerprint density at radius 1 is 1.31 bits per heavy atom. The van der Waals surface area contributed by atoms with Gasteiger partial charge in [0.05, 0.1) is 11.3 Å². The number of carbonyl (C=O) groups is 1. The van der Waals surface area contributed by atoms with Crippen molar-refractivity contribution in [2.45, 2.75) is 6.61 Å². The van der Waals surface area contributed by atoms with E-state index in [1.807, 2.05) is 0 Å². The van der Waals surface area contributed by atoms with E-state index >= 15 is 0 Å². The first-order valence-electron chi connectivity index (χ1n) is 4.84. The largest absolute Gasteiger partial charge is 0.457 e. The zero-order valence-corrected chi connectivity index (χ0v) is 8.29. The number of rotatable bonds is 0. The summed E-state index contributed by atoms with van der Waals surface area (Å²) in [4.78, 5) is 11.4. The lowest BCUT2D eigenvalue weighted by atomic mass is 10.00. The third kappa shape index (κ3) is 1.10. The Bertz CT molecular complexity index is 622. The Labute approximate surface area is 90.6 Å². The number of hydrogen-bond acceptors (Lipinski definition) is 3. The molecule has 2 aromatic carbocycles. The van der Waals surface area contributed by atoms with Gasteiger partial charge in [-0.3, -0.25) is 0 Å². The van der Waals surface area contributed by atoms with Gasteiger partial charge in [-0.05, 0) is 29.7 Å². The molecule has 0 saturated carbocycles. The molecule has 2 aromatic rings. The standard InChI is InChI=1S/C12H8FNO2/c13-8-1-2-9-6(4-8)3-7-5-16-12(15)10(7)11(9)14/h1-4H,5,14H2. The number of nitrogen functional groups attached to an aromatic ring is 1. The van der Waals surface area contributed by atoms with E-state index in [-0.39, 0.29) is 12.4 Å². The number of carbonyl (C=O) groups excluding carboxylic acids is 1. The maximum absolute atomic E-state index is 13.1. The summed E-state index contributed by atoms with van der Waals surface area (Å²) in [5.41, 5.74) is 7.40. The number of fused-ring (bicyclic) bond motifs is 2. The monoisotopic (exact) mass is 217 g/mol. The van der Waals surface area contributed by atoms with Crippen LogP contribution in [0.4, 0.5) is 10.1 Å². The average Bonchev–Trinajstić information content (AvgIpc) is 2.60. The molecular formula is C12H8FNO2. The zero-order chi connectivity index (χ0) is 11.3. The molecule has 0 saturated heterocycles. The Balaban J connectivity index is 2.43. The van der Waals surface area contributed by atoms with Crippen LogP contribution in [-0.4, -0.2) is 5.97 Å². The second kappa shape index (κ2) is 2.95. The van der Waals surface area contributed by atoms with Crippen LogP contribution in [-0.2, 0) is 11.3 Å². The van der Waals surface area contributed by atoms with E-state index in [4.69, 9.17) is 10.5 Å². The first kappa shape index (κ1) is 9.15. The van der Waals surface area contributed by atoms with Crippen LogP contribution in [0.25, 0.3) is 10.8 Å². The minimum absolute atomic E-state index is 0.213. The fourth-order valence-corrected chi connectivity index (χ4v) is 2.04. The highest BCUT2D eigenvalue weighted by Crippen LogP contribution is 2.33. The molecule has 0 unspecified atom stereocenters. The highest BCUT2D eigenvalue weighted by atomic mass is 19.1. The predicted octanol–water partition coefficient (Wildman–Crippen LogP) is 2.23. The van der Waals surface area contributed by atoms with Gasteiger partial charge in [0.1, 0.15) is 12.4 Å². The molecule has 0 amide bonds. The molecule has 2 N–H and O–H groups in total. The van der Waals surface area contributed by atoms with Crippen molar-refractivity contribution in [2.75, 3.05) is 5.73 Å². The van der Waals surface area contributed by atoms with Crippen molar-refractivity contribution in [1.29, 1.82) is 0 Å². The first-order valence-corrected chi connectivity index (χ1v) is 4.84. The fraction of sp³-hybridized carbons (Fsp3) is 0.0833. The highest BCUT2D eigenvalue weighted by Gasteiger charge is 2.25.